The van der Waals surface area contributed by atoms with Crippen molar-refractivity contribution in [2.75, 3.05) is 31.2 Å². The lowest BCUT2D eigenvalue weighted by atomic mass is 9.79. The van der Waals surface area contributed by atoms with Crippen LogP contribution in [0.25, 0.3) is 10.8 Å². The van der Waals surface area contributed by atoms with Crippen molar-refractivity contribution in [1.82, 2.24) is 4.98 Å². The Hall–Kier alpha value is -1.68. The summed E-state index contributed by atoms with van der Waals surface area (Å²) in [6, 6.07) is 6.88. The smallest absolute Gasteiger partial charge is 0.136 e. The molecule has 0 amide bonds. The number of ether oxygens (including phenoxy) is 1. The summed E-state index contributed by atoms with van der Waals surface area (Å²) in [7, 11) is 0. The topological polar surface area (TPSA) is 25.4 Å². The van der Waals surface area contributed by atoms with E-state index >= 15 is 0 Å². The summed E-state index contributed by atoms with van der Waals surface area (Å²) in [5.74, 6) is 0.714. The van der Waals surface area contributed by atoms with Gasteiger partial charge in [0.05, 0.1) is 6.61 Å². The Morgan fingerprint density at radius 3 is 3.05 bits per heavy atom. The van der Waals surface area contributed by atoms with Gasteiger partial charge in [0.15, 0.2) is 0 Å². The van der Waals surface area contributed by atoms with E-state index in [1.165, 1.54) is 12.5 Å². The molecule has 21 heavy (non-hydrogen) atoms. The lowest BCUT2D eigenvalue weighted by Crippen LogP contribution is -2.44. The molecule has 1 unspecified atom stereocenters. The number of halogens is 1. The maximum atomic E-state index is 13.6. The minimum atomic E-state index is -0.201. The van der Waals surface area contributed by atoms with Gasteiger partial charge in [-0.1, -0.05) is 6.07 Å². The van der Waals surface area contributed by atoms with E-state index in [1.54, 1.807) is 6.07 Å². The Morgan fingerprint density at radius 1 is 1.24 bits per heavy atom. The summed E-state index contributed by atoms with van der Waals surface area (Å²) < 4.78 is 19.2. The van der Waals surface area contributed by atoms with Gasteiger partial charge < -0.3 is 9.64 Å². The standard InChI is InChI=1S/C17H19FN2O/c18-14-3-2-13-4-7-19-16(15(13)10-14)20-8-1-5-17(11-20)6-9-21-12-17/h2-4,7,10H,1,5-6,8-9,11-12H2. The zero-order chi connectivity index (χ0) is 14.3. The van der Waals surface area contributed by atoms with Crippen LogP contribution >= 0.6 is 0 Å². The van der Waals surface area contributed by atoms with E-state index in [2.05, 4.69) is 9.88 Å². The first-order valence-electron chi connectivity index (χ1n) is 7.63. The largest absolute Gasteiger partial charge is 0.381 e. The van der Waals surface area contributed by atoms with E-state index in [1.807, 2.05) is 18.3 Å². The Kier molecular flexibility index (Phi) is 3.07. The van der Waals surface area contributed by atoms with Crippen LogP contribution in [0.1, 0.15) is 19.3 Å². The van der Waals surface area contributed by atoms with Gasteiger partial charge in [-0.15, -0.1) is 0 Å². The molecule has 2 aliphatic heterocycles. The SMILES string of the molecule is Fc1ccc2ccnc(N3CCCC4(CCOC4)C3)c2c1. The van der Waals surface area contributed by atoms with E-state index in [-0.39, 0.29) is 11.2 Å². The van der Waals surface area contributed by atoms with Gasteiger partial charge in [-0.2, -0.15) is 0 Å². The Labute approximate surface area is 123 Å². The molecule has 2 aliphatic rings. The molecule has 3 nitrogen and oxygen atoms in total. The van der Waals surface area contributed by atoms with Gasteiger partial charge in [0, 0.05) is 36.7 Å². The van der Waals surface area contributed by atoms with Crippen molar-refractivity contribution in [3.8, 4) is 0 Å². The molecule has 1 spiro atoms. The van der Waals surface area contributed by atoms with Crippen molar-refractivity contribution in [2.45, 2.75) is 19.3 Å². The van der Waals surface area contributed by atoms with Crippen LogP contribution in [0.2, 0.25) is 0 Å². The van der Waals surface area contributed by atoms with Gasteiger partial charge in [0.2, 0.25) is 0 Å². The van der Waals surface area contributed by atoms with Gasteiger partial charge in [-0.3, -0.25) is 0 Å². The van der Waals surface area contributed by atoms with Crippen LogP contribution < -0.4 is 4.90 Å². The highest BCUT2D eigenvalue weighted by Gasteiger charge is 2.39. The molecule has 3 heterocycles. The third kappa shape index (κ3) is 2.27. The molecule has 0 N–H and O–H groups in total. The van der Waals surface area contributed by atoms with Crippen LogP contribution in [-0.4, -0.2) is 31.3 Å². The lowest BCUT2D eigenvalue weighted by Gasteiger charge is -2.40. The number of benzene rings is 1. The molecule has 4 heteroatoms. The lowest BCUT2D eigenvalue weighted by molar-refractivity contribution is 0.139. The monoisotopic (exact) mass is 286 g/mol. The average Bonchev–Trinajstić information content (AvgIpc) is 2.94. The molecule has 0 aliphatic carbocycles. The van der Waals surface area contributed by atoms with Crippen LogP contribution in [0.3, 0.4) is 0 Å². The first-order chi connectivity index (χ1) is 10.3. The quantitative estimate of drug-likeness (QED) is 0.803. The number of nitrogens with zero attached hydrogens (tertiary/aromatic N) is 2. The third-order valence-electron chi connectivity index (χ3n) is 4.85. The van der Waals surface area contributed by atoms with Gasteiger partial charge in [0.1, 0.15) is 11.6 Å². The fourth-order valence-electron chi connectivity index (χ4n) is 3.74. The predicted octanol–water partition coefficient (Wildman–Crippen LogP) is 3.38. The summed E-state index contributed by atoms with van der Waals surface area (Å²) in [6.07, 6.45) is 5.32. The molecular weight excluding hydrogens is 267 g/mol. The number of rotatable bonds is 1. The van der Waals surface area contributed by atoms with Crippen LogP contribution in [-0.2, 0) is 4.74 Å². The molecule has 0 bridgehead atoms. The van der Waals surface area contributed by atoms with Crippen molar-refractivity contribution < 1.29 is 9.13 Å². The van der Waals surface area contributed by atoms with Gasteiger partial charge in [-0.05, 0) is 42.8 Å². The Bertz CT molecular complexity index is 667. The zero-order valence-electron chi connectivity index (χ0n) is 12.0. The molecule has 2 fully saturated rings. The Balaban J connectivity index is 1.74. The van der Waals surface area contributed by atoms with Crippen molar-refractivity contribution in [3.63, 3.8) is 0 Å². The molecule has 0 saturated carbocycles. The van der Waals surface area contributed by atoms with E-state index in [0.717, 1.165) is 55.7 Å². The number of pyridine rings is 1. The van der Waals surface area contributed by atoms with Crippen LogP contribution in [0.15, 0.2) is 30.5 Å². The molecule has 2 saturated heterocycles. The highest BCUT2D eigenvalue weighted by Crippen LogP contribution is 2.40. The summed E-state index contributed by atoms with van der Waals surface area (Å²) in [6.45, 7) is 3.67. The molecule has 1 aromatic heterocycles. The minimum absolute atomic E-state index is 0.201. The van der Waals surface area contributed by atoms with Gasteiger partial charge in [-0.25, -0.2) is 9.37 Å². The summed E-state index contributed by atoms with van der Waals surface area (Å²) >= 11 is 0. The number of hydrogen-bond acceptors (Lipinski definition) is 3. The second kappa shape index (κ2) is 4.95. The van der Waals surface area contributed by atoms with Crippen molar-refractivity contribution in [3.05, 3.63) is 36.3 Å². The van der Waals surface area contributed by atoms with E-state index in [9.17, 15) is 4.39 Å². The normalized spacial score (nSPS) is 25.9. The maximum Gasteiger partial charge on any atom is 0.136 e. The third-order valence-corrected chi connectivity index (χ3v) is 4.85. The fourth-order valence-corrected chi connectivity index (χ4v) is 3.74. The molecule has 1 atom stereocenters. The molecule has 1 aromatic carbocycles. The van der Waals surface area contributed by atoms with Gasteiger partial charge >= 0.3 is 0 Å². The summed E-state index contributed by atoms with van der Waals surface area (Å²) in [5, 5.41) is 1.96. The Morgan fingerprint density at radius 2 is 2.19 bits per heavy atom. The highest BCUT2D eigenvalue weighted by atomic mass is 19.1. The second-order valence-corrected chi connectivity index (χ2v) is 6.33. The van der Waals surface area contributed by atoms with Crippen LogP contribution in [0.5, 0.6) is 0 Å². The number of hydrogen-bond donors (Lipinski definition) is 0. The first-order valence-corrected chi connectivity index (χ1v) is 7.63. The number of anilines is 1. The van der Waals surface area contributed by atoms with E-state index in [4.69, 9.17) is 4.74 Å². The van der Waals surface area contributed by atoms with Crippen molar-refractivity contribution in [1.29, 1.82) is 0 Å². The number of piperidine rings is 1. The average molecular weight is 286 g/mol. The number of aromatic nitrogens is 1. The summed E-state index contributed by atoms with van der Waals surface area (Å²) in [4.78, 5) is 6.86. The van der Waals surface area contributed by atoms with Crippen LogP contribution in [0, 0.1) is 11.2 Å². The van der Waals surface area contributed by atoms with Crippen LogP contribution in [0.4, 0.5) is 10.2 Å². The van der Waals surface area contributed by atoms with Crippen molar-refractivity contribution in [2.24, 2.45) is 5.41 Å². The number of fused-ring (bicyclic) bond motifs is 1. The summed E-state index contributed by atoms with van der Waals surface area (Å²) in [5.41, 5.74) is 0.273. The van der Waals surface area contributed by atoms with E-state index in [0.29, 0.717) is 0 Å². The van der Waals surface area contributed by atoms with Crippen molar-refractivity contribution >= 4 is 16.6 Å². The maximum absolute atomic E-state index is 13.6. The van der Waals surface area contributed by atoms with Gasteiger partial charge in [0.25, 0.3) is 0 Å². The van der Waals surface area contributed by atoms with E-state index < -0.39 is 0 Å². The molecule has 4 rings (SSSR count). The second-order valence-electron chi connectivity index (χ2n) is 6.33. The molecule has 2 aromatic rings. The predicted molar refractivity (Wildman–Crippen MR) is 81.0 cm³/mol. The molecular formula is C17H19FN2O. The fraction of sp³-hybridized carbons (Fsp3) is 0.471. The minimum Gasteiger partial charge on any atom is -0.381 e. The zero-order valence-corrected chi connectivity index (χ0v) is 12.0. The molecule has 0 radical (unpaired) electrons. The molecule has 110 valence electrons. The first kappa shape index (κ1) is 13.0. The highest BCUT2D eigenvalue weighted by molar-refractivity contribution is 5.92.